The molecular formula is C17H20ClN3O. The molecule has 2 heterocycles. The van der Waals surface area contributed by atoms with E-state index in [-0.39, 0.29) is 5.60 Å². The Labute approximate surface area is 135 Å². The van der Waals surface area contributed by atoms with E-state index in [0.29, 0.717) is 11.1 Å². The predicted octanol–water partition coefficient (Wildman–Crippen LogP) is 4.19. The quantitative estimate of drug-likeness (QED) is 0.902. The molecule has 1 aromatic carbocycles. The third-order valence-electron chi connectivity index (χ3n) is 4.95. The van der Waals surface area contributed by atoms with Gasteiger partial charge < -0.3 is 10.1 Å². The Bertz CT molecular complexity index is 685. The summed E-state index contributed by atoms with van der Waals surface area (Å²) in [6, 6.07) is 6.18. The highest BCUT2D eigenvalue weighted by atomic mass is 35.5. The van der Waals surface area contributed by atoms with Gasteiger partial charge in [0.15, 0.2) is 0 Å². The predicted molar refractivity (Wildman–Crippen MR) is 88.3 cm³/mol. The summed E-state index contributed by atoms with van der Waals surface area (Å²) < 4.78 is 6.11. The van der Waals surface area contributed by atoms with Crippen LogP contribution in [0.3, 0.4) is 0 Å². The largest absolute Gasteiger partial charge is 0.375 e. The number of anilines is 1. The van der Waals surface area contributed by atoms with Gasteiger partial charge in [-0.3, -0.25) is 0 Å². The molecule has 1 spiro atoms. The average Bonchev–Trinajstić information content (AvgIpc) is 2.95. The summed E-state index contributed by atoms with van der Waals surface area (Å²) in [7, 11) is 0. The lowest BCUT2D eigenvalue weighted by Crippen LogP contribution is -2.42. The maximum Gasteiger partial charge on any atom is 0.137 e. The second-order valence-electron chi connectivity index (χ2n) is 6.46. The zero-order valence-electron chi connectivity index (χ0n) is 12.5. The van der Waals surface area contributed by atoms with Crippen molar-refractivity contribution >= 4 is 28.3 Å². The molecule has 5 heteroatoms. The molecule has 1 unspecified atom stereocenters. The van der Waals surface area contributed by atoms with Gasteiger partial charge in [0, 0.05) is 23.1 Å². The van der Waals surface area contributed by atoms with Crippen LogP contribution in [0.5, 0.6) is 0 Å². The number of aromatic nitrogens is 2. The number of rotatable bonds is 2. The Morgan fingerprint density at radius 3 is 2.95 bits per heavy atom. The first-order valence-corrected chi connectivity index (χ1v) is 8.43. The number of ether oxygens (including phenoxy) is 1. The smallest absolute Gasteiger partial charge is 0.137 e. The van der Waals surface area contributed by atoms with Crippen molar-refractivity contribution in [3.05, 3.63) is 29.5 Å². The summed E-state index contributed by atoms with van der Waals surface area (Å²) >= 11 is 6.05. The highest BCUT2D eigenvalue weighted by Crippen LogP contribution is 2.40. The van der Waals surface area contributed by atoms with Gasteiger partial charge in [-0.05, 0) is 43.9 Å². The van der Waals surface area contributed by atoms with Crippen LogP contribution in [0.25, 0.3) is 10.9 Å². The summed E-state index contributed by atoms with van der Waals surface area (Å²) in [6.45, 7) is 0.840. The van der Waals surface area contributed by atoms with Crippen molar-refractivity contribution in [3.63, 3.8) is 0 Å². The minimum absolute atomic E-state index is 0.113. The third kappa shape index (κ3) is 2.66. The Kier molecular flexibility index (Phi) is 3.66. The van der Waals surface area contributed by atoms with E-state index >= 15 is 0 Å². The van der Waals surface area contributed by atoms with Crippen LogP contribution in [0.15, 0.2) is 24.5 Å². The Morgan fingerprint density at radius 2 is 2.09 bits per heavy atom. The van der Waals surface area contributed by atoms with Crippen LogP contribution in [0.4, 0.5) is 5.82 Å². The fourth-order valence-corrected chi connectivity index (χ4v) is 4.02. The van der Waals surface area contributed by atoms with Crippen molar-refractivity contribution in [1.29, 1.82) is 0 Å². The number of nitrogens with one attached hydrogen (secondary N) is 1. The van der Waals surface area contributed by atoms with Crippen LogP contribution in [0.2, 0.25) is 5.02 Å². The number of hydrogen-bond acceptors (Lipinski definition) is 4. The second kappa shape index (κ2) is 5.67. The van der Waals surface area contributed by atoms with Gasteiger partial charge in [0.25, 0.3) is 0 Å². The van der Waals surface area contributed by atoms with Crippen molar-refractivity contribution in [3.8, 4) is 0 Å². The third-order valence-corrected chi connectivity index (χ3v) is 5.18. The van der Waals surface area contributed by atoms with Gasteiger partial charge in [-0.1, -0.05) is 24.4 Å². The van der Waals surface area contributed by atoms with Gasteiger partial charge in [0.05, 0.1) is 11.1 Å². The first kappa shape index (κ1) is 14.2. The molecule has 2 fully saturated rings. The molecule has 1 aromatic heterocycles. The standard InChI is InChI=1S/C17H20ClN3O/c18-12-3-4-14-15(9-12)19-11-20-16(14)21-13-5-8-22-17(10-13)6-1-2-7-17/h3-4,9,11,13H,1-2,5-8,10H2,(H,19,20,21). The van der Waals surface area contributed by atoms with Crippen molar-refractivity contribution in [1.82, 2.24) is 9.97 Å². The highest BCUT2D eigenvalue weighted by Gasteiger charge is 2.40. The van der Waals surface area contributed by atoms with Crippen LogP contribution in [0, 0.1) is 0 Å². The molecule has 1 saturated heterocycles. The fourth-order valence-electron chi connectivity index (χ4n) is 3.86. The number of nitrogens with zero attached hydrogens (tertiary/aromatic N) is 2. The van der Waals surface area contributed by atoms with Gasteiger partial charge in [-0.2, -0.15) is 0 Å². The van der Waals surface area contributed by atoms with Crippen molar-refractivity contribution in [2.45, 2.75) is 50.2 Å². The Morgan fingerprint density at radius 1 is 1.23 bits per heavy atom. The van der Waals surface area contributed by atoms with E-state index in [0.717, 1.165) is 36.2 Å². The van der Waals surface area contributed by atoms with E-state index in [1.165, 1.54) is 25.7 Å². The summed E-state index contributed by atoms with van der Waals surface area (Å²) in [5.41, 5.74) is 0.995. The average molecular weight is 318 g/mol. The number of benzene rings is 1. The molecule has 1 aliphatic heterocycles. The molecule has 1 N–H and O–H groups in total. The molecule has 116 valence electrons. The van der Waals surface area contributed by atoms with Crippen LogP contribution in [-0.4, -0.2) is 28.2 Å². The fraction of sp³-hybridized carbons (Fsp3) is 0.529. The van der Waals surface area contributed by atoms with Gasteiger partial charge in [0.1, 0.15) is 12.1 Å². The monoisotopic (exact) mass is 317 g/mol. The first-order valence-electron chi connectivity index (χ1n) is 8.05. The second-order valence-corrected chi connectivity index (χ2v) is 6.89. The number of hydrogen-bond donors (Lipinski definition) is 1. The summed E-state index contributed by atoms with van der Waals surface area (Å²) in [6.07, 6.45) is 8.69. The van der Waals surface area contributed by atoms with E-state index in [4.69, 9.17) is 16.3 Å². The van der Waals surface area contributed by atoms with Gasteiger partial charge >= 0.3 is 0 Å². The summed E-state index contributed by atoms with van der Waals surface area (Å²) in [5, 5.41) is 5.35. The molecular weight excluding hydrogens is 298 g/mol. The molecule has 0 bridgehead atoms. The summed E-state index contributed by atoms with van der Waals surface area (Å²) in [4.78, 5) is 8.75. The minimum Gasteiger partial charge on any atom is -0.375 e. The topological polar surface area (TPSA) is 47.0 Å². The maximum absolute atomic E-state index is 6.11. The lowest BCUT2D eigenvalue weighted by molar-refractivity contribution is -0.0767. The molecule has 1 saturated carbocycles. The van der Waals surface area contributed by atoms with Crippen molar-refractivity contribution < 1.29 is 4.74 Å². The van der Waals surface area contributed by atoms with Gasteiger partial charge in [-0.15, -0.1) is 0 Å². The number of halogens is 1. The minimum atomic E-state index is 0.113. The number of fused-ring (bicyclic) bond motifs is 1. The lowest BCUT2D eigenvalue weighted by Gasteiger charge is -2.38. The van der Waals surface area contributed by atoms with E-state index in [2.05, 4.69) is 15.3 Å². The molecule has 22 heavy (non-hydrogen) atoms. The lowest BCUT2D eigenvalue weighted by atomic mass is 9.89. The van der Waals surface area contributed by atoms with E-state index in [1.54, 1.807) is 6.33 Å². The highest BCUT2D eigenvalue weighted by molar-refractivity contribution is 6.31. The Balaban J connectivity index is 1.58. The van der Waals surface area contributed by atoms with Gasteiger partial charge in [-0.25, -0.2) is 9.97 Å². The van der Waals surface area contributed by atoms with Crippen molar-refractivity contribution in [2.75, 3.05) is 11.9 Å². The van der Waals surface area contributed by atoms with Crippen LogP contribution in [-0.2, 0) is 4.74 Å². The zero-order valence-corrected chi connectivity index (χ0v) is 13.3. The van der Waals surface area contributed by atoms with Gasteiger partial charge in [0.2, 0.25) is 0 Å². The molecule has 0 radical (unpaired) electrons. The van der Waals surface area contributed by atoms with Crippen LogP contribution < -0.4 is 5.32 Å². The van der Waals surface area contributed by atoms with E-state index in [9.17, 15) is 0 Å². The molecule has 2 aliphatic rings. The van der Waals surface area contributed by atoms with E-state index < -0.39 is 0 Å². The first-order chi connectivity index (χ1) is 10.7. The molecule has 1 atom stereocenters. The van der Waals surface area contributed by atoms with Crippen LogP contribution in [0.1, 0.15) is 38.5 Å². The van der Waals surface area contributed by atoms with Crippen molar-refractivity contribution in [2.24, 2.45) is 0 Å². The molecule has 4 nitrogen and oxygen atoms in total. The van der Waals surface area contributed by atoms with E-state index in [1.807, 2.05) is 18.2 Å². The summed E-state index contributed by atoms with van der Waals surface area (Å²) in [5.74, 6) is 0.904. The molecule has 0 amide bonds. The molecule has 2 aromatic rings. The Hall–Kier alpha value is -1.39. The SMILES string of the molecule is Clc1ccc2c(NC3CCOC4(CCCC4)C3)ncnc2c1. The molecule has 1 aliphatic carbocycles. The molecule has 4 rings (SSSR count). The maximum atomic E-state index is 6.11. The normalized spacial score (nSPS) is 24.0. The van der Waals surface area contributed by atoms with Crippen LogP contribution >= 0.6 is 11.6 Å². The zero-order chi connectivity index (χ0) is 15.0.